The highest BCUT2D eigenvalue weighted by atomic mass is 32.1. The van der Waals surface area contributed by atoms with Crippen molar-refractivity contribution in [3.05, 3.63) is 46.3 Å². The zero-order chi connectivity index (χ0) is 19.1. The minimum Gasteiger partial charge on any atom is -0.491 e. The molecule has 1 aromatic heterocycles. The van der Waals surface area contributed by atoms with Crippen LogP contribution in [0.2, 0.25) is 0 Å². The molecule has 0 unspecified atom stereocenters. The minimum atomic E-state index is -0.415. The van der Waals surface area contributed by atoms with E-state index in [-0.39, 0.29) is 12.0 Å². The normalized spacial score (nSPS) is 10.7. The molecule has 2 rings (SSSR count). The largest absolute Gasteiger partial charge is 0.491 e. The van der Waals surface area contributed by atoms with E-state index in [1.807, 2.05) is 13.8 Å². The van der Waals surface area contributed by atoms with Crippen LogP contribution < -0.4 is 10.1 Å². The molecule has 140 valence electrons. The van der Waals surface area contributed by atoms with Gasteiger partial charge in [-0.25, -0.2) is 4.79 Å². The third-order valence-electron chi connectivity index (χ3n) is 3.49. The number of benzene rings is 1. The van der Waals surface area contributed by atoms with Gasteiger partial charge in [-0.3, -0.25) is 4.79 Å². The van der Waals surface area contributed by atoms with Gasteiger partial charge in [-0.15, -0.1) is 11.3 Å². The molecule has 0 aliphatic rings. The molecule has 6 heteroatoms. The Morgan fingerprint density at radius 1 is 1.15 bits per heavy atom. The second-order valence-electron chi connectivity index (χ2n) is 6.07. The summed E-state index contributed by atoms with van der Waals surface area (Å²) in [5.41, 5.74) is 0.912. The average Bonchev–Trinajstić information content (AvgIpc) is 2.98. The van der Waals surface area contributed by atoms with Crippen LogP contribution >= 0.6 is 11.3 Å². The number of hydrogen-bond acceptors (Lipinski definition) is 5. The molecule has 0 saturated carbocycles. The monoisotopic (exact) mass is 375 g/mol. The average molecular weight is 375 g/mol. The lowest BCUT2D eigenvalue weighted by Crippen LogP contribution is -2.14. The fourth-order valence-electron chi connectivity index (χ4n) is 2.40. The maximum atomic E-state index is 12.6. The van der Waals surface area contributed by atoms with Crippen LogP contribution in [0.15, 0.2) is 30.3 Å². The van der Waals surface area contributed by atoms with E-state index in [0.717, 1.165) is 17.7 Å². The quantitative estimate of drug-likeness (QED) is 0.665. The van der Waals surface area contributed by atoms with E-state index in [2.05, 4.69) is 12.2 Å². The van der Waals surface area contributed by atoms with Gasteiger partial charge in [0.15, 0.2) is 0 Å². The van der Waals surface area contributed by atoms with E-state index in [9.17, 15) is 9.59 Å². The molecule has 0 fully saturated rings. The van der Waals surface area contributed by atoms with Crippen molar-refractivity contribution in [3.63, 3.8) is 0 Å². The van der Waals surface area contributed by atoms with Crippen molar-refractivity contribution < 1.29 is 19.1 Å². The molecule has 1 amide bonds. The molecular weight excluding hydrogens is 350 g/mol. The van der Waals surface area contributed by atoms with E-state index in [4.69, 9.17) is 9.47 Å². The first-order chi connectivity index (χ1) is 12.4. The van der Waals surface area contributed by atoms with Gasteiger partial charge in [0, 0.05) is 10.4 Å². The molecule has 0 aliphatic heterocycles. The van der Waals surface area contributed by atoms with E-state index in [0.29, 0.717) is 28.5 Å². The van der Waals surface area contributed by atoms with Crippen LogP contribution in [0, 0.1) is 0 Å². The molecule has 0 spiro atoms. The fourth-order valence-corrected chi connectivity index (χ4v) is 3.54. The Balaban J connectivity index is 2.17. The van der Waals surface area contributed by atoms with Crippen LogP contribution in [0.1, 0.15) is 59.7 Å². The third-order valence-corrected chi connectivity index (χ3v) is 4.60. The first-order valence-electron chi connectivity index (χ1n) is 8.82. The number of thiophene rings is 1. The number of esters is 1. The van der Waals surface area contributed by atoms with Gasteiger partial charge in [-0.1, -0.05) is 13.3 Å². The Bertz CT molecular complexity index is 750. The lowest BCUT2D eigenvalue weighted by molar-refractivity contribution is 0.0528. The number of carbonyl (C=O) groups is 2. The summed E-state index contributed by atoms with van der Waals surface area (Å²) in [6.45, 7) is 8.02. The fraction of sp³-hybridized carbons (Fsp3) is 0.400. The Hall–Kier alpha value is -2.34. The molecule has 1 N–H and O–H groups in total. The summed E-state index contributed by atoms with van der Waals surface area (Å²) in [7, 11) is 0. The van der Waals surface area contributed by atoms with Gasteiger partial charge in [0.1, 0.15) is 10.8 Å². The van der Waals surface area contributed by atoms with Crippen molar-refractivity contribution >= 4 is 28.2 Å². The molecule has 0 atom stereocenters. The lowest BCUT2D eigenvalue weighted by atomic mass is 10.2. The summed E-state index contributed by atoms with van der Waals surface area (Å²) < 4.78 is 10.7. The Kier molecular flexibility index (Phi) is 7.21. The first-order valence-corrected chi connectivity index (χ1v) is 9.64. The zero-order valence-electron chi connectivity index (χ0n) is 15.6. The maximum absolute atomic E-state index is 12.6. The lowest BCUT2D eigenvalue weighted by Gasteiger charge is -2.10. The summed E-state index contributed by atoms with van der Waals surface area (Å²) in [6.07, 6.45) is 1.90. The second kappa shape index (κ2) is 9.38. The summed E-state index contributed by atoms with van der Waals surface area (Å²) in [5, 5.41) is 3.37. The minimum absolute atomic E-state index is 0.0740. The summed E-state index contributed by atoms with van der Waals surface area (Å²) in [4.78, 5) is 25.8. The SMILES string of the molecule is CCCc1cc(C(=O)OCC)c(NC(=O)c2ccc(OC(C)C)cc2)s1. The maximum Gasteiger partial charge on any atom is 0.341 e. The highest BCUT2D eigenvalue weighted by molar-refractivity contribution is 7.16. The Morgan fingerprint density at radius 2 is 1.85 bits per heavy atom. The molecule has 0 bridgehead atoms. The molecule has 1 aromatic carbocycles. The molecule has 0 radical (unpaired) electrons. The van der Waals surface area contributed by atoms with Crippen LogP contribution in [0.4, 0.5) is 5.00 Å². The van der Waals surface area contributed by atoms with Crippen molar-refractivity contribution in [2.24, 2.45) is 0 Å². The summed E-state index contributed by atoms with van der Waals surface area (Å²) >= 11 is 1.42. The number of amides is 1. The molecular formula is C20H25NO4S. The number of rotatable bonds is 8. The van der Waals surface area contributed by atoms with Crippen LogP contribution in [-0.4, -0.2) is 24.6 Å². The van der Waals surface area contributed by atoms with Crippen LogP contribution in [0.3, 0.4) is 0 Å². The van der Waals surface area contributed by atoms with Crippen molar-refractivity contribution in [2.75, 3.05) is 11.9 Å². The first kappa shape index (κ1) is 20.0. The van der Waals surface area contributed by atoms with E-state index in [1.54, 1.807) is 37.3 Å². The van der Waals surface area contributed by atoms with Crippen LogP contribution in [0.5, 0.6) is 5.75 Å². The van der Waals surface area contributed by atoms with E-state index in [1.165, 1.54) is 11.3 Å². The topological polar surface area (TPSA) is 64.6 Å². The van der Waals surface area contributed by atoms with E-state index >= 15 is 0 Å². The molecule has 2 aromatic rings. The number of anilines is 1. The van der Waals surface area contributed by atoms with Gasteiger partial charge in [0.05, 0.1) is 18.3 Å². The molecule has 1 heterocycles. The highest BCUT2D eigenvalue weighted by Crippen LogP contribution is 2.30. The molecule has 0 aliphatic carbocycles. The van der Waals surface area contributed by atoms with Crippen LogP contribution in [0.25, 0.3) is 0 Å². The second-order valence-corrected chi connectivity index (χ2v) is 7.21. The standard InChI is InChI=1S/C20H25NO4S/c1-5-7-16-12-17(20(23)24-6-2)19(26-16)21-18(22)14-8-10-15(11-9-14)25-13(3)4/h8-13H,5-7H2,1-4H3,(H,21,22). The van der Waals surface area contributed by atoms with Gasteiger partial charge in [-0.05, 0) is 57.5 Å². The Labute approximate surface area is 158 Å². The summed E-state index contributed by atoms with van der Waals surface area (Å²) in [5.74, 6) is 0.0312. The number of hydrogen-bond donors (Lipinski definition) is 1. The van der Waals surface area contributed by atoms with Crippen LogP contribution in [-0.2, 0) is 11.2 Å². The molecule has 0 saturated heterocycles. The number of carbonyl (C=O) groups excluding carboxylic acids is 2. The van der Waals surface area contributed by atoms with Crippen molar-refractivity contribution in [1.29, 1.82) is 0 Å². The zero-order valence-corrected chi connectivity index (χ0v) is 16.4. The molecule has 5 nitrogen and oxygen atoms in total. The number of aryl methyl sites for hydroxylation is 1. The Morgan fingerprint density at radius 3 is 2.42 bits per heavy atom. The summed E-state index contributed by atoms with van der Waals surface area (Å²) in [6, 6.07) is 8.74. The predicted molar refractivity (Wildman–Crippen MR) is 104 cm³/mol. The van der Waals surface area contributed by atoms with E-state index < -0.39 is 5.97 Å². The highest BCUT2D eigenvalue weighted by Gasteiger charge is 2.19. The third kappa shape index (κ3) is 5.33. The predicted octanol–water partition coefficient (Wildman–Crippen LogP) is 4.92. The van der Waals surface area contributed by atoms with Gasteiger partial charge in [0.25, 0.3) is 5.91 Å². The number of nitrogens with one attached hydrogen (secondary N) is 1. The van der Waals surface area contributed by atoms with Crippen molar-refractivity contribution in [3.8, 4) is 5.75 Å². The van der Waals surface area contributed by atoms with Gasteiger partial charge in [-0.2, -0.15) is 0 Å². The van der Waals surface area contributed by atoms with Gasteiger partial charge >= 0.3 is 5.97 Å². The van der Waals surface area contributed by atoms with Crippen molar-refractivity contribution in [2.45, 2.75) is 46.6 Å². The van der Waals surface area contributed by atoms with Gasteiger partial charge < -0.3 is 14.8 Å². The van der Waals surface area contributed by atoms with Gasteiger partial charge in [0.2, 0.25) is 0 Å². The molecule has 26 heavy (non-hydrogen) atoms. The smallest absolute Gasteiger partial charge is 0.341 e. The number of ether oxygens (including phenoxy) is 2. The van der Waals surface area contributed by atoms with Crippen molar-refractivity contribution in [1.82, 2.24) is 0 Å².